The lowest BCUT2D eigenvalue weighted by Crippen LogP contribution is -2.13. The molecular formula is C17H15N5O2S. The van der Waals surface area contributed by atoms with E-state index in [0.717, 1.165) is 5.69 Å². The number of hydrogen-bond acceptors (Lipinski definition) is 6. The Morgan fingerprint density at radius 1 is 1.08 bits per heavy atom. The standard InChI is InChI=1S/C17H15N5O2S/c1-10-3-2-4-14(19-10)22-17-21-13(9-25-17)16(24)20-12-7-5-11(6-8-12)15(18)23/h2-9H,1H3,(H2,18,23)(H,20,24)(H,19,21,22). The minimum Gasteiger partial charge on any atom is -0.366 e. The van der Waals surface area contributed by atoms with E-state index in [4.69, 9.17) is 5.73 Å². The van der Waals surface area contributed by atoms with Crippen LogP contribution < -0.4 is 16.4 Å². The lowest BCUT2D eigenvalue weighted by atomic mass is 10.2. The molecule has 0 saturated carbocycles. The van der Waals surface area contributed by atoms with Gasteiger partial charge >= 0.3 is 0 Å². The summed E-state index contributed by atoms with van der Waals surface area (Å²) in [6.45, 7) is 1.90. The van der Waals surface area contributed by atoms with Crippen LogP contribution in [0.4, 0.5) is 16.6 Å². The van der Waals surface area contributed by atoms with Crippen molar-refractivity contribution in [3.8, 4) is 0 Å². The number of pyridine rings is 1. The molecule has 3 rings (SSSR count). The number of aryl methyl sites for hydroxylation is 1. The van der Waals surface area contributed by atoms with Crippen molar-refractivity contribution < 1.29 is 9.59 Å². The summed E-state index contributed by atoms with van der Waals surface area (Å²) in [6, 6.07) is 11.9. The molecule has 0 radical (unpaired) electrons. The van der Waals surface area contributed by atoms with E-state index < -0.39 is 5.91 Å². The fraction of sp³-hybridized carbons (Fsp3) is 0.0588. The molecule has 0 spiro atoms. The molecule has 0 aliphatic heterocycles. The third-order valence-corrected chi connectivity index (χ3v) is 4.05. The summed E-state index contributed by atoms with van der Waals surface area (Å²) in [5.74, 6) is -0.186. The molecule has 0 atom stereocenters. The van der Waals surface area contributed by atoms with Crippen LogP contribution in [-0.4, -0.2) is 21.8 Å². The van der Waals surface area contributed by atoms with Gasteiger partial charge in [0, 0.05) is 22.3 Å². The predicted molar refractivity (Wildman–Crippen MR) is 97.3 cm³/mol. The number of carbonyl (C=O) groups is 2. The molecule has 2 amide bonds. The molecule has 0 bridgehead atoms. The highest BCUT2D eigenvalue weighted by Gasteiger charge is 2.12. The van der Waals surface area contributed by atoms with Gasteiger partial charge in [0.1, 0.15) is 11.5 Å². The Bertz CT molecular complexity index is 921. The first-order valence-electron chi connectivity index (χ1n) is 7.39. The van der Waals surface area contributed by atoms with Crippen LogP contribution in [-0.2, 0) is 0 Å². The topological polar surface area (TPSA) is 110 Å². The molecular weight excluding hydrogens is 338 g/mol. The maximum atomic E-state index is 12.3. The zero-order chi connectivity index (χ0) is 17.8. The molecule has 0 aliphatic rings. The van der Waals surface area contributed by atoms with Gasteiger partial charge in [0.2, 0.25) is 5.91 Å². The maximum absolute atomic E-state index is 12.3. The molecule has 3 aromatic rings. The zero-order valence-electron chi connectivity index (χ0n) is 13.3. The Hall–Kier alpha value is -3.26. The van der Waals surface area contributed by atoms with Gasteiger partial charge in [-0.05, 0) is 43.3 Å². The first kappa shape index (κ1) is 16.6. The highest BCUT2D eigenvalue weighted by Crippen LogP contribution is 2.20. The number of nitrogens with one attached hydrogen (secondary N) is 2. The van der Waals surface area contributed by atoms with Crippen molar-refractivity contribution in [2.45, 2.75) is 6.92 Å². The number of aromatic nitrogens is 2. The van der Waals surface area contributed by atoms with Gasteiger partial charge in [-0.15, -0.1) is 11.3 Å². The maximum Gasteiger partial charge on any atom is 0.275 e. The predicted octanol–water partition coefficient (Wildman–Crippen LogP) is 2.94. The van der Waals surface area contributed by atoms with Crippen molar-refractivity contribution in [3.05, 3.63) is 64.8 Å². The van der Waals surface area contributed by atoms with Crippen molar-refractivity contribution in [3.63, 3.8) is 0 Å². The first-order chi connectivity index (χ1) is 12.0. The normalized spacial score (nSPS) is 10.3. The number of hydrogen-bond donors (Lipinski definition) is 3. The number of nitrogens with two attached hydrogens (primary N) is 1. The van der Waals surface area contributed by atoms with Gasteiger partial charge in [-0.25, -0.2) is 9.97 Å². The van der Waals surface area contributed by atoms with Crippen LogP contribution in [0.5, 0.6) is 0 Å². The number of primary amides is 1. The Morgan fingerprint density at radius 3 is 2.52 bits per heavy atom. The molecule has 0 saturated heterocycles. The minimum atomic E-state index is -0.516. The number of benzene rings is 1. The second kappa shape index (κ2) is 7.10. The molecule has 2 heterocycles. The molecule has 0 fully saturated rings. The van der Waals surface area contributed by atoms with Gasteiger partial charge in [0.15, 0.2) is 5.13 Å². The zero-order valence-corrected chi connectivity index (χ0v) is 14.1. The second-order valence-electron chi connectivity index (χ2n) is 5.22. The SMILES string of the molecule is Cc1cccc(Nc2nc(C(=O)Nc3ccc(C(N)=O)cc3)cs2)n1. The van der Waals surface area contributed by atoms with Gasteiger partial charge in [-0.1, -0.05) is 6.07 Å². The van der Waals surface area contributed by atoms with E-state index in [-0.39, 0.29) is 5.91 Å². The van der Waals surface area contributed by atoms with Gasteiger partial charge in [0.05, 0.1) is 0 Å². The largest absolute Gasteiger partial charge is 0.366 e. The third kappa shape index (κ3) is 4.18. The van der Waals surface area contributed by atoms with Crippen LogP contribution in [0, 0.1) is 6.92 Å². The molecule has 0 unspecified atom stereocenters. The van der Waals surface area contributed by atoms with Gasteiger partial charge < -0.3 is 16.4 Å². The fourth-order valence-electron chi connectivity index (χ4n) is 2.07. The molecule has 1 aromatic carbocycles. The Morgan fingerprint density at radius 2 is 1.84 bits per heavy atom. The number of nitrogens with zero attached hydrogens (tertiary/aromatic N) is 2. The lowest BCUT2D eigenvalue weighted by Gasteiger charge is -2.04. The van der Waals surface area contributed by atoms with E-state index in [1.54, 1.807) is 29.6 Å². The highest BCUT2D eigenvalue weighted by atomic mass is 32.1. The summed E-state index contributed by atoms with van der Waals surface area (Å²) in [7, 11) is 0. The van der Waals surface area contributed by atoms with Crippen molar-refractivity contribution >= 4 is 39.8 Å². The van der Waals surface area contributed by atoms with E-state index in [9.17, 15) is 9.59 Å². The number of anilines is 3. The smallest absolute Gasteiger partial charge is 0.275 e. The number of carbonyl (C=O) groups excluding carboxylic acids is 2. The molecule has 8 heteroatoms. The van der Waals surface area contributed by atoms with Gasteiger partial charge in [-0.3, -0.25) is 9.59 Å². The molecule has 25 heavy (non-hydrogen) atoms. The highest BCUT2D eigenvalue weighted by molar-refractivity contribution is 7.14. The van der Waals surface area contributed by atoms with E-state index in [1.165, 1.54) is 11.3 Å². The minimum absolute atomic E-state index is 0.291. The second-order valence-corrected chi connectivity index (χ2v) is 6.08. The van der Waals surface area contributed by atoms with Gasteiger partial charge in [0.25, 0.3) is 5.91 Å². The van der Waals surface area contributed by atoms with Crippen molar-refractivity contribution in [2.75, 3.05) is 10.6 Å². The summed E-state index contributed by atoms with van der Waals surface area (Å²) >= 11 is 1.31. The summed E-state index contributed by atoms with van der Waals surface area (Å²) in [5.41, 5.74) is 7.30. The van der Waals surface area contributed by atoms with Gasteiger partial charge in [-0.2, -0.15) is 0 Å². The molecule has 0 aliphatic carbocycles. The monoisotopic (exact) mass is 353 g/mol. The van der Waals surface area contributed by atoms with E-state index in [2.05, 4.69) is 20.6 Å². The quantitative estimate of drug-likeness (QED) is 0.653. The average molecular weight is 353 g/mol. The summed E-state index contributed by atoms with van der Waals surface area (Å²) in [6.07, 6.45) is 0. The Kier molecular flexibility index (Phi) is 4.71. The molecule has 7 nitrogen and oxygen atoms in total. The lowest BCUT2D eigenvalue weighted by molar-refractivity contribution is 0.0998. The number of amides is 2. The van der Waals surface area contributed by atoms with Crippen LogP contribution in [0.25, 0.3) is 0 Å². The first-order valence-corrected chi connectivity index (χ1v) is 8.26. The number of thiazole rings is 1. The van der Waals surface area contributed by atoms with Crippen molar-refractivity contribution in [1.82, 2.24) is 9.97 Å². The summed E-state index contributed by atoms with van der Waals surface area (Å²) < 4.78 is 0. The van der Waals surface area contributed by atoms with Crippen molar-refractivity contribution in [2.24, 2.45) is 5.73 Å². The molecule has 126 valence electrons. The fourth-order valence-corrected chi connectivity index (χ4v) is 2.77. The molecule has 4 N–H and O–H groups in total. The van der Waals surface area contributed by atoms with E-state index in [1.807, 2.05) is 25.1 Å². The van der Waals surface area contributed by atoms with Crippen LogP contribution in [0.3, 0.4) is 0 Å². The van der Waals surface area contributed by atoms with Crippen LogP contribution >= 0.6 is 11.3 Å². The number of rotatable bonds is 5. The van der Waals surface area contributed by atoms with E-state index in [0.29, 0.717) is 27.9 Å². The van der Waals surface area contributed by atoms with Crippen LogP contribution in [0.15, 0.2) is 47.8 Å². The summed E-state index contributed by atoms with van der Waals surface area (Å²) in [4.78, 5) is 31.9. The third-order valence-electron chi connectivity index (χ3n) is 3.29. The van der Waals surface area contributed by atoms with Crippen molar-refractivity contribution in [1.29, 1.82) is 0 Å². The van der Waals surface area contributed by atoms with Crippen LogP contribution in [0.1, 0.15) is 26.5 Å². The summed E-state index contributed by atoms with van der Waals surface area (Å²) in [5, 5.41) is 8.02. The molecule has 2 aromatic heterocycles. The Balaban J connectivity index is 1.67. The average Bonchev–Trinajstić information content (AvgIpc) is 3.04. The van der Waals surface area contributed by atoms with Crippen LogP contribution in [0.2, 0.25) is 0 Å². The van der Waals surface area contributed by atoms with E-state index >= 15 is 0 Å². The Labute approximate surface area is 147 Å².